The molecule has 0 fully saturated rings. The molecule has 0 aliphatic rings. The lowest BCUT2D eigenvalue weighted by Gasteiger charge is -2.08. The fourth-order valence-corrected chi connectivity index (χ4v) is 1.77. The molecule has 0 radical (unpaired) electrons. The maximum Gasteiger partial charge on any atom is 0.411 e. The molecule has 1 aromatic carbocycles. The normalized spacial score (nSPS) is 10.1. The van der Waals surface area contributed by atoms with E-state index in [-0.39, 0.29) is 0 Å². The van der Waals surface area contributed by atoms with Gasteiger partial charge in [-0.25, -0.2) is 4.79 Å². The molecule has 0 aliphatic heterocycles. The lowest BCUT2D eigenvalue weighted by molar-refractivity contribution is 0.187. The largest absolute Gasteiger partial charge is 0.464 e. The Morgan fingerprint density at radius 2 is 1.95 bits per heavy atom. The van der Waals surface area contributed by atoms with Gasteiger partial charge < -0.3 is 14.5 Å². The summed E-state index contributed by atoms with van der Waals surface area (Å²) in [7, 11) is 1.33. The second kappa shape index (κ2) is 6.65. The van der Waals surface area contributed by atoms with Gasteiger partial charge in [-0.05, 0) is 30.3 Å². The number of methoxy groups -OCH3 is 1. The zero-order chi connectivity index (χ0) is 14.4. The number of furan rings is 1. The molecule has 0 bridgehead atoms. The van der Waals surface area contributed by atoms with E-state index < -0.39 is 6.09 Å². The smallest absolute Gasteiger partial charge is 0.411 e. The van der Waals surface area contributed by atoms with Crippen LogP contribution in [0.25, 0.3) is 0 Å². The number of hydrogen-bond acceptors (Lipinski definition) is 4. The molecule has 0 aliphatic carbocycles. The van der Waals surface area contributed by atoms with Gasteiger partial charge in [0.2, 0.25) is 0 Å². The summed E-state index contributed by atoms with van der Waals surface area (Å²) >= 11 is 0. The van der Waals surface area contributed by atoms with Crippen molar-refractivity contribution in [2.24, 2.45) is 0 Å². The molecule has 2 aromatic rings. The average Bonchev–Trinajstić information content (AvgIpc) is 2.93. The minimum atomic E-state index is -0.485. The predicted molar refractivity (Wildman–Crippen MR) is 77.9 cm³/mol. The summed E-state index contributed by atoms with van der Waals surface area (Å²) in [4.78, 5) is 11.1. The number of carbonyl (C=O) groups is 1. The Labute approximate surface area is 117 Å². The molecule has 1 heterocycles. The van der Waals surface area contributed by atoms with Crippen molar-refractivity contribution in [2.45, 2.75) is 19.9 Å². The second-order valence-electron chi connectivity index (χ2n) is 4.27. The molecule has 20 heavy (non-hydrogen) atoms. The van der Waals surface area contributed by atoms with E-state index in [4.69, 9.17) is 4.42 Å². The maximum absolute atomic E-state index is 11.1. The summed E-state index contributed by atoms with van der Waals surface area (Å²) in [5.41, 5.74) is 1.57. The molecule has 5 heteroatoms. The summed E-state index contributed by atoms with van der Waals surface area (Å²) < 4.78 is 10.2. The van der Waals surface area contributed by atoms with Crippen molar-refractivity contribution in [2.75, 3.05) is 17.7 Å². The first-order valence-electron chi connectivity index (χ1n) is 6.47. The molecule has 1 aromatic heterocycles. The third-order valence-corrected chi connectivity index (χ3v) is 2.83. The van der Waals surface area contributed by atoms with Crippen LogP contribution in [-0.4, -0.2) is 13.2 Å². The van der Waals surface area contributed by atoms with Crippen molar-refractivity contribution in [3.63, 3.8) is 0 Å². The van der Waals surface area contributed by atoms with Crippen LogP contribution in [0.2, 0.25) is 0 Å². The minimum absolute atomic E-state index is 0.485. The lowest BCUT2D eigenvalue weighted by atomic mass is 10.2. The Morgan fingerprint density at radius 3 is 2.65 bits per heavy atom. The maximum atomic E-state index is 11.1. The van der Waals surface area contributed by atoms with Gasteiger partial charge in [-0.2, -0.15) is 0 Å². The molecule has 0 spiro atoms. The zero-order valence-corrected chi connectivity index (χ0v) is 11.6. The quantitative estimate of drug-likeness (QED) is 0.873. The molecule has 106 valence electrons. The van der Waals surface area contributed by atoms with Crippen LogP contribution in [0.5, 0.6) is 0 Å². The first-order valence-corrected chi connectivity index (χ1v) is 6.47. The number of nitrogens with one attached hydrogen (secondary N) is 2. The predicted octanol–water partition coefficient (Wildman–Crippen LogP) is 3.63. The minimum Gasteiger partial charge on any atom is -0.464 e. The molecule has 0 saturated carbocycles. The zero-order valence-electron chi connectivity index (χ0n) is 11.6. The van der Waals surface area contributed by atoms with Gasteiger partial charge >= 0.3 is 6.09 Å². The summed E-state index contributed by atoms with van der Waals surface area (Å²) in [5, 5.41) is 5.86. The van der Waals surface area contributed by atoms with Crippen LogP contribution in [0.4, 0.5) is 16.2 Å². The number of aryl methyl sites for hydroxylation is 1. The third-order valence-electron chi connectivity index (χ3n) is 2.83. The topological polar surface area (TPSA) is 63.5 Å². The average molecular weight is 274 g/mol. The van der Waals surface area contributed by atoms with Crippen LogP contribution in [0.1, 0.15) is 18.4 Å². The van der Waals surface area contributed by atoms with Crippen molar-refractivity contribution in [1.82, 2.24) is 0 Å². The highest BCUT2D eigenvalue weighted by Gasteiger charge is 2.03. The van der Waals surface area contributed by atoms with E-state index in [1.54, 1.807) is 6.07 Å². The van der Waals surface area contributed by atoms with E-state index in [1.165, 1.54) is 7.11 Å². The van der Waals surface area contributed by atoms with Crippen LogP contribution in [0, 0.1) is 0 Å². The van der Waals surface area contributed by atoms with Crippen LogP contribution in [0.15, 0.2) is 40.8 Å². The number of rotatable bonds is 5. The van der Waals surface area contributed by atoms with Crippen molar-refractivity contribution in [3.05, 3.63) is 47.9 Å². The number of carbonyl (C=O) groups excluding carboxylic acids is 1. The summed E-state index contributed by atoms with van der Waals surface area (Å²) in [6.07, 6.45) is 0.402. The van der Waals surface area contributed by atoms with Crippen LogP contribution >= 0.6 is 0 Å². The summed E-state index contributed by atoms with van der Waals surface area (Å²) in [6.45, 7) is 2.65. The van der Waals surface area contributed by atoms with Crippen molar-refractivity contribution in [1.29, 1.82) is 0 Å². The van der Waals surface area contributed by atoms with Gasteiger partial charge in [0.1, 0.15) is 11.5 Å². The van der Waals surface area contributed by atoms with E-state index in [0.717, 1.165) is 23.6 Å². The highest BCUT2D eigenvalue weighted by molar-refractivity contribution is 5.85. The number of benzene rings is 1. The van der Waals surface area contributed by atoms with Gasteiger partial charge in [-0.15, -0.1) is 0 Å². The highest BCUT2D eigenvalue weighted by Crippen LogP contribution is 2.17. The van der Waals surface area contributed by atoms with E-state index in [9.17, 15) is 4.79 Å². The Kier molecular flexibility index (Phi) is 4.65. The molecular weight excluding hydrogens is 256 g/mol. The summed E-state index contributed by atoms with van der Waals surface area (Å²) in [6, 6.07) is 11.3. The monoisotopic (exact) mass is 274 g/mol. The van der Waals surface area contributed by atoms with E-state index >= 15 is 0 Å². The Hall–Kier alpha value is -2.43. The number of anilines is 2. The van der Waals surface area contributed by atoms with Gasteiger partial charge in [-0.1, -0.05) is 13.0 Å². The van der Waals surface area contributed by atoms with E-state index in [0.29, 0.717) is 12.2 Å². The van der Waals surface area contributed by atoms with Gasteiger partial charge in [0.15, 0.2) is 0 Å². The Bertz CT molecular complexity index is 578. The van der Waals surface area contributed by atoms with Gasteiger partial charge in [-0.3, -0.25) is 5.32 Å². The fourth-order valence-electron chi connectivity index (χ4n) is 1.77. The Balaban J connectivity index is 1.95. The van der Waals surface area contributed by atoms with Gasteiger partial charge in [0.05, 0.1) is 13.7 Å². The molecule has 2 rings (SSSR count). The molecule has 5 nitrogen and oxygen atoms in total. The SMILES string of the molecule is CCc1ccc(CNc2cccc(NC(=O)OC)c2)o1. The third kappa shape index (κ3) is 3.78. The molecule has 0 unspecified atom stereocenters. The van der Waals surface area contributed by atoms with Crippen LogP contribution in [-0.2, 0) is 17.7 Å². The Morgan fingerprint density at radius 1 is 1.20 bits per heavy atom. The van der Waals surface area contributed by atoms with E-state index in [2.05, 4.69) is 22.3 Å². The van der Waals surface area contributed by atoms with Crippen LogP contribution in [0.3, 0.4) is 0 Å². The molecule has 1 amide bonds. The molecule has 2 N–H and O–H groups in total. The number of hydrogen-bond donors (Lipinski definition) is 2. The van der Waals surface area contributed by atoms with Crippen molar-refractivity contribution >= 4 is 17.5 Å². The number of ether oxygens (including phenoxy) is 1. The van der Waals surface area contributed by atoms with Crippen molar-refractivity contribution < 1.29 is 13.9 Å². The summed E-state index contributed by atoms with van der Waals surface area (Å²) in [5.74, 6) is 1.86. The first-order chi connectivity index (χ1) is 9.71. The molecule has 0 atom stereocenters. The van der Waals surface area contributed by atoms with Gasteiger partial charge in [0.25, 0.3) is 0 Å². The number of amides is 1. The van der Waals surface area contributed by atoms with E-state index in [1.807, 2.05) is 30.3 Å². The standard InChI is InChI=1S/C15H18N2O3/c1-3-13-7-8-14(20-13)10-16-11-5-4-6-12(9-11)17-15(18)19-2/h4-9,16H,3,10H2,1-2H3,(H,17,18). The van der Waals surface area contributed by atoms with Gasteiger partial charge in [0, 0.05) is 17.8 Å². The highest BCUT2D eigenvalue weighted by atomic mass is 16.5. The second-order valence-corrected chi connectivity index (χ2v) is 4.27. The molecular formula is C15H18N2O3. The lowest BCUT2D eigenvalue weighted by Crippen LogP contribution is -2.11. The molecule has 0 saturated heterocycles. The first kappa shape index (κ1) is 14.0. The van der Waals surface area contributed by atoms with Crippen molar-refractivity contribution in [3.8, 4) is 0 Å². The fraction of sp³-hybridized carbons (Fsp3) is 0.267. The van der Waals surface area contributed by atoms with Crippen LogP contribution < -0.4 is 10.6 Å².